The molecule has 0 radical (unpaired) electrons. The van der Waals surface area contributed by atoms with E-state index in [4.69, 9.17) is 9.47 Å². The van der Waals surface area contributed by atoms with E-state index in [0.717, 1.165) is 0 Å². The van der Waals surface area contributed by atoms with Crippen LogP contribution in [0.15, 0.2) is 87.6 Å². The average molecular weight is 561 g/mol. The van der Waals surface area contributed by atoms with Crippen LogP contribution < -0.4 is 5.56 Å². The first-order chi connectivity index (χ1) is 19.2. The summed E-state index contributed by atoms with van der Waals surface area (Å²) in [6.45, 7) is 3.50. The minimum atomic E-state index is -4.52. The molecule has 0 spiro atoms. The van der Waals surface area contributed by atoms with E-state index in [2.05, 4.69) is 16.0 Å². The molecule has 10 nitrogen and oxygen atoms in total. The fourth-order valence-electron chi connectivity index (χ4n) is 4.27. The van der Waals surface area contributed by atoms with Crippen LogP contribution in [0.4, 0.5) is 0 Å². The van der Waals surface area contributed by atoms with Crippen molar-refractivity contribution in [2.45, 2.75) is 42.4 Å². The van der Waals surface area contributed by atoms with Crippen LogP contribution in [0.25, 0.3) is 11.1 Å². The number of aromatic nitrogens is 3. The van der Waals surface area contributed by atoms with E-state index in [1.165, 1.54) is 48.3 Å². The quantitative estimate of drug-likeness (QED) is 0.305. The van der Waals surface area contributed by atoms with E-state index < -0.39 is 32.2 Å². The molecular weight excluding hydrogens is 532 g/mol. The molecule has 0 saturated carbocycles. The topological polar surface area (TPSA) is 144 Å². The molecular formula is C29H28N4O6S. The highest BCUT2D eigenvalue weighted by Gasteiger charge is 2.32. The molecule has 0 aliphatic rings. The number of nitriles is 1. The van der Waals surface area contributed by atoms with Gasteiger partial charge in [0.1, 0.15) is 18.5 Å². The van der Waals surface area contributed by atoms with Crippen LogP contribution in [0.1, 0.15) is 36.8 Å². The molecule has 0 aliphatic heterocycles. The van der Waals surface area contributed by atoms with E-state index >= 15 is 0 Å². The first-order valence-corrected chi connectivity index (χ1v) is 13.9. The Bertz CT molecular complexity index is 1700. The maximum Gasteiger partial charge on any atom is 0.277 e. The summed E-state index contributed by atoms with van der Waals surface area (Å²) in [5, 5.41) is 20.2. The summed E-state index contributed by atoms with van der Waals surface area (Å²) in [6, 6.07) is 17.6. The Kier molecular flexibility index (Phi) is 8.74. The molecule has 0 amide bonds. The highest BCUT2D eigenvalue weighted by Crippen LogP contribution is 2.30. The van der Waals surface area contributed by atoms with Crippen molar-refractivity contribution in [1.29, 1.82) is 5.26 Å². The van der Waals surface area contributed by atoms with Gasteiger partial charge in [-0.25, -0.2) is 8.42 Å². The summed E-state index contributed by atoms with van der Waals surface area (Å²) in [7, 11) is -3.05. The third kappa shape index (κ3) is 5.79. The fourth-order valence-corrected chi connectivity index (χ4v) is 5.61. The molecule has 0 aliphatic carbocycles. The van der Waals surface area contributed by atoms with Crippen molar-refractivity contribution >= 4 is 9.84 Å². The van der Waals surface area contributed by atoms with Crippen LogP contribution in [-0.4, -0.2) is 47.9 Å². The molecule has 2 aromatic heterocycles. The SMILES string of the molecule is COCC(c1ccccc1)n1c(COC(C)C)nc(O)c(S(=O)(=O)c2ccc(-c3ccncc3C#N)cc2)c1=O. The predicted octanol–water partition coefficient (Wildman–Crippen LogP) is 3.88. The van der Waals surface area contributed by atoms with Gasteiger partial charge in [-0.05, 0) is 43.2 Å². The third-order valence-electron chi connectivity index (χ3n) is 6.18. The molecule has 4 aromatic rings. The van der Waals surface area contributed by atoms with Crippen molar-refractivity contribution in [2.75, 3.05) is 13.7 Å². The lowest BCUT2D eigenvalue weighted by Gasteiger charge is -2.24. The average Bonchev–Trinajstić information content (AvgIpc) is 2.95. The Hall–Kier alpha value is -4.37. The Morgan fingerprint density at radius 2 is 1.77 bits per heavy atom. The van der Waals surface area contributed by atoms with Crippen LogP contribution >= 0.6 is 0 Å². The number of ether oxygens (including phenoxy) is 2. The van der Waals surface area contributed by atoms with Gasteiger partial charge in [-0.2, -0.15) is 10.2 Å². The van der Waals surface area contributed by atoms with Gasteiger partial charge >= 0.3 is 0 Å². The maximum atomic E-state index is 14.0. The van der Waals surface area contributed by atoms with Gasteiger partial charge in [0.15, 0.2) is 4.90 Å². The fraction of sp³-hybridized carbons (Fsp3) is 0.241. The molecule has 0 bridgehead atoms. The van der Waals surface area contributed by atoms with E-state index in [1.54, 1.807) is 44.2 Å². The lowest BCUT2D eigenvalue weighted by atomic mass is 10.0. The van der Waals surface area contributed by atoms with Crippen LogP contribution in [0.3, 0.4) is 0 Å². The molecule has 40 heavy (non-hydrogen) atoms. The highest BCUT2D eigenvalue weighted by atomic mass is 32.2. The first kappa shape index (κ1) is 28.6. The zero-order valence-corrected chi connectivity index (χ0v) is 23.0. The molecule has 2 heterocycles. The number of hydrogen-bond acceptors (Lipinski definition) is 9. The van der Waals surface area contributed by atoms with Gasteiger partial charge in [-0.3, -0.25) is 14.3 Å². The van der Waals surface area contributed by atoms with Crippen LogP contribution in [0.5, 0.6) is 5.88 Å². The molecule has 11 heteroatoms. The van der Waals surface area contributed by atoms with E-state index in [-0.39, 0.29) is 30.0 Å². The van der Waals surface area contributed by atoms with Gasteiger partial charge in [0.2, 0.25) is 15.7 Å². The zero-order chi connectivity index (χ0) is 28.9. The number of methoxy groups -OCH3 is 1. The van der Waals surface area contributed by atoms with E-state index in [9.17, 15) is 23.6 Å². The standard InChI is InChI=1S/C29H28N4O6S/c1-19(2)39-18-26-32-28(34)27(29(35)33(26)25(17-38-3)21-7-5-4-6-8-21)40(36,37)23-11-9-20(10-12-23)24-13-14-31-16-22(24)15-30/h4-14,16,19,25,34H,17-18H2,1-3H3. The van der Waals surface area contributed by atoms with Crippen molar-refractivity contribution < 1.29 is 23.0 Å². The van der Waals surface area contributed by atoms with Gasteiger partial charge in [-0.15, -0.1) is 0 Å². The maximum absolute atomic E-state index is 14.0. The number of nitrogens with zero attached hydrogens (tertiary/aromatic N) is 4. The van der Waals surface area contributed by atoms with E-state index in [1.807, 2.05) is 6.07 Å². The summed E-state index contributed by atoms with van der Waals surface area (Å²) < 4.78 is 39.8. The van der Waals surface area contributed by atoms with Gasteiger partial charge < -0.3 is 14.6 Å². The molecule has 1 atom stereocenters. The minimum Gasteiger partial charge on any atom is -0.492 e. The Morgan fingerprint density at radius 1 is 1.07 bits per heavy atom. The van der Waals surface area contributed by atoms with Crippen LogP contribution in [0.2, 0.25) is 0 Å². The van der Waals surface area contributed by atoms with Crippen molar-refractivity contribution in [3.8, 4) is 23.1 Å². The molecule has 0 fully saturated rings. The van der Waals surface area contributed by atoms with Gasteiger partial charge in [0.25, 0.3) is 5.56 Å². The molecule has 206 valence electrons. The van der Waals surface area contributed by atoms with Crippen molar-refractivity contribution in [3.63, 3.8) is 0 Å². The van der Waals surface area contributed by atoms with Gasteiger partial charge in [0, 0.05) is 25.1 Å². The number of sulfone groups is 1. The van der Waals surface area contributed by atoms with Gasteiger partial charge in [0.05, 0.1) is 29.2 Å². The normalized spacial score (nSPS) is 12.3. The Balaban J connectivity index is 1.88. The van der Waals surface area contributed by atoms with E-state index in [0.29, 0.717) is 22.3 Å². The molecule has 2 aromatic carbocycles. The Labute approximate surface area is 232 Å². The Morgan fingerprint density at radius 3 is 2.40 bits per heavy atom. The molecule has 1 N–H and O–H groups in total. The largest absolute Gasteiger partial charge is 0.492 e. The lowest BCUT2D eigenvalue weighted by Crippen LogP contribution is -2.35. The third-order valence-corrected chi connectivity index (χ3v) is 7.97. The van der Waals surface area contributed by atoms with Crippen molar-refractivity contribution in [2.24, 2.45) is 0 Å². The monoisotopic (exact) mass is 560 g/mol. The number of aromatic hydroxyl groups is 1. The summed E-state index contributed by atoms with van der Waals surface area (Å²) in [6.07, 6.45) is 2.73. The second kappa shape index (κ2) is 12.2. The minimum absolute atomic E-state index is 0.0341. The summed E-state index contributed by atoms with van der Waals surface area (Å²) in [5.74, 6) is -0.865. The van der Waals surface area contributed by atoms with Crippen molar-refractivity contribution in [3.05, 3.63) is 100 Å². The summed E-state index contributed by atoms with van der Waals surface area (Å²) in [4.78, 5) is 21.0. The highest BCUT2D eigenvalue weighted by molar-refractivity contribution is 7.91. The lowest BCUT2D eigenvalue weighted by molar-refractivity contribution is 0.0557. The van der Waals surface area contributed by atoms with Gasteiger partial charge in [-0.1, -0.05) is 42.5 Å². The molecule has 4 rings (SSSR count). The zero-order valence-electron chi connectivity index (χ0n) is 22.2. The van der Waals surface area contributed by atoms with Crippen molar-refractivity contribution in [1.82, 2.24) is 14.5 Å². The van der Waals surface area contributed by atoms with Crippen LogP contribution in [0, 0.1) is 11.3 Å². The smallest absolute Gasteiger partial charge is 0.277 e. The summed E-state index contributed by atoms with van der Waals surface area (Å²) in [5.41, 5.74) is 1.22. The molecule has 0 saturated heterocycles. The number of hydrogen-bond donors (Lipinski definition) is 1. The summed E-state index contributed by atoms with van der Waals surface area (Å²) >= 11 is 0. The molecule has 1 unspecified atom stereocenters. The second-order valence-electron chi connectivity index (χ2n) is 9.16. The number of rotatable bonds is 10. The number of benzene rings is 2. The first-order valence-electron chi connectivity index (χ1n) is 12.4. The van der Waals surface area contributed by atoms with Crippen LogP contribution in [-0.2, 0) is 25.9 Å². The second-order valence-corrected chi connectivity index (χ2v) is 11.0. The number of pyridine rings is 1. The predicted molar refractivity (Wildman–Crippen MR) is 146 cm³/mol.